The van der Waals surface area contributed by atoms with E-state index in [0.29, 0.717) is 11.3 Å². The molecule has 0 aliphatic heterocycles. The van der Waals surface area contributed by atoms with Crippen molar-refractivity contribution in [3.63, 3.8) is 0 Å². The number of para-hydroxylation sites is 1. The van der Waals surface area contributed by atoms with Gasteiger partial charge in [0.05, 0.1) is 11.3 Å². The fourth-order valence-corrected chi connectivity index (χ4v) is 2.35. The molecule has 1 aromatic heterocycles. The van der Waals surface area contributed by atoms with Crippen LogP contribution in [0, 0.1) is 11.6 Å². The number of rotatable bonds is 2. The second-order valence-electron chi connectivity index (χ2n) is 4.95. The van der Waals surface area contributed by atoms with Crippen LogP contribution in [0.4, 0.5) is 22.0 Å². The molecule has 0 spiro atoms. The van der Waals surface area contributed by atoms with Crippen molar-refractivity contribution in [2.45, 2.75) is 6.18 Å². The molecule has 3 rings (SSSR count). The van der Waals surface area contributed by atoms with Crippen LogP contribution in [-0.2, 0) is 6.18 Å². The highest BCUT2D eigenvalue weighted by Gasteiger charge is 2.31. The fraction of sp³-hybridized carbons (Fsp3) is 0.0588. The molecule has 0 bridgehead atoms. The lowest BCUT2D eigenvalue weighted by atomic mass is 10.0. The van der Waals surface area contributed by atoms with E-state index in [4.69, 9.17) is 0 Å². The van der Waals surface area contributed by atoms with Gasteiger partial charge in [0.25, 0.3) is 0 Å². The summed E-state index contributed by atoms with van der Waals surface area (Å²) in [6.45, 7) is 0. The number of halogens is 5. The number of hydrogen-bond acceptors (Lipinski definition) is 0. The number of nitrogens with zero attached hydrogens (tertiary/aromatic N) is 1. The van der Waals surface area contributed by atoms with E-state index in [0.717, 1.165) is 24.4 Å². The molecule has 0 radical (unpaired) electrons. The summed E-state index contributed by atoms with van der Waals surface area (Å²) < 4.78 is 66.5. The quantitative estimate of drug-likeness (QED) is 0.553. The first kappa shape index (κ1) is 15.3. The Balaban J connectivity index is 2.13. The molecule has 2 aromatic carbocycles. The van der Waals surface area contributed by atoms with Gasteiger partial charge >= 0.3 is 6.18 Å². The minimum atomic E-state index is -4.46. The fourth-order valence-electron chi connectivity index (χ4n) is 2.35. The van der Waals surface area contributed by atoms with Crippen LogP contribution in [-0.4, -0.2) is 4.57 Å². The van der Waals surface area contributed by atoms with Crippen molar-refractivity contribution in [3.8, 4) is 16.8 Å². The molecule has 0 fully saturated rings. The van der Waals surface area contributed by atoms with E-state index in [1.54, 1.807) is 24.3 Å². The third-order valence-electron chi connectivity index (χ3n) is 3.42. The Labute approximate surface area is 128 Å². The zero-order chi connectivity index (χ0) is 16.6. The highest BCUT2D eigenvalue weighted by molar-refractivity contribution is 5.73. The molecule has 1 nitrogen and oxygen atoms in total. The molecule has 0 unspecified atom stereocenters. The van der Waals surface area contributed by atoms with Crippen LogP contribution < -0.4 is 0 Å². The molecule has 118 valence electrons. The Morgan fingerprint density at radius 3 is 2.22 bits per heavy atom. The minimum Gasteiger partial charge on any atom is -0.323 e. The first-order valence-corrected chi connectivity index (χ1v) is 6.66. The number of alkyl halides is 3. The van der Waals surface area contributed by atoms with Gasteiger partial charge in [-0.1, -0.05) is 18.2 Å². The average Bonchev–Trinajstić information content (AvgIpc) is 2.97. The van der Waals surface area contributed by atoms with Crippen LogP contribution in [0.5, 0.6) is 0 Å². The van der Waals surface area contributed by atoms with Gasteiger partial charge in [-0.15, -0.1) is 0 Å². The summed E-state index contributed by atoms with van der Waals surface area (Å²) >= 11 is 0. The van der Waals surface area contributed by atoms with Crippen LogP contribution in [0.15, 0.2) is 60.9 Å². The molecule has 0 N–H and O–H groups in total. The maximum Gasteiger partial charge on any atom is 0.417 e. The van der Waals surface area contributed by atoms with Gasteiger partial charge in [0.2, 0.25) is 0 Å². The van der Waals surface area contributed by atoms with Crippen molar-refractivity contribution < 1.29 is 22.0 Å². The third kappa shape index (κ3) is 2.97. The Kier molecular flexibility index (Phi) is 3.67. The van der Waals surface area contributed by atoms with Gasteiger partial charge in [-0.2, -0.15) is 13.2 Å². The van der Waals surface area contributed by atoms with Crippen molar-refractivity contribution in [1.82, 2.24) is 4.57 Å². The molecule has 1 heterocycles. The van der Waals surface area contributed by atoms with Crippen LogP contribution >= 0.6 is 0 Å². The van der Waals surface area contributed by atoms with Gasteiger partial charge in [-0.05, 0) is 24.3 Å². The summed E-state index contributed by atoms with van der Waals surface area (Å²) in [6.07, 6.45) is -2.27. The Morgan fingerprint density at radius 1 is 0.826 bits per heavy atom. The van der Waals surface area contributed by atoms with Crippen LogP contribution in [0.25, 0.3) is 16.8 Å². The smallest absolute Gasteiger partial charge is 0.323 e. The van der Waals surface area contributed by atoms with Crippen molar-refractivity contribution in [1.29, 1.82) is 0 Å². The van der Waals surface area contributed by atoms with Crippen molar-refractivity contribution in [2.75, 3.05) is 0 Å². The zero-order valence-electron chi connectivity index (χ0n) is 11.6. The molecule has 23 heavy (non-hydrogen) atoms. The Hall–Kier alpha value is -2.63. The van der Waals surface area contributed by atoms with Gasteiger partial charge in [0, 0.05) is 29.6 Å². The highest BCUT2D eigenvalue weighted by Crippen LogP contribution is 2.33. The number of hydrogen-bond donors (Lipinski definition) is 0. The van der Waals surface area contributed by atoms with E-state index in [1.807, 2.05) is 0 Å². The van der Waals surface area contributed by atoms with E-state index in [-0.39, 0.29) is 5.56 Å². The Bertz CT molecular complexity index is 848. The monoisotopic (exact) mass is 323 g/mol. The maximum atomic E-state index is 14.0. The van der Waals surface area contributed by atoms with E-state index in [9.17, 15) is 22.0 Å². The van der Waals surface area contributed by atoms with Crippen LogP contribution in [0.2, 0.25) is 0 Å². The zero-order valence-corrected chi connectivity index (χ0v) is 11.6. The van der Waals surface area contributed by atoms with E-state index in [2.05, 4.69) is 0 Å². The molecule has 0 saturated heterocycles. The standard InChI is InChI=1S/C17H10F5N/c18-12-5-6-13(15(19)9-12)14-3-1-2-4-16(14)23-8-7-11(10-23)17(20,21)22/h1-10H. The van der Waals surface area contributed by atoms with E-state index >= 15 is 0 Å². The summed E-state index contributed by atoms with van der Waals surface area (Å²) in [6, 6.07) is 10.4. The maximum absolute atomic E-state index is 14.0. The second-order valence-corrected chi connectivity index (χ2v) is 4.95. The summed E-state index contributed by atoms with van der Waals surface area (Å²) in [5.41, 5.74) is 0.0546. The van der Waals surface area contributed by atoms with Gasteiger partial charge < -0.3 is 4.57 Å². The normalized spacial score (nSPS) is 11.7. The number of benzene rings is 2. The lowest BCUT2D eigenvalue weighted by Crippen LogP contribution is -2.03. The molecular weight excluding hydrogens is 313 g/mol. The predicted octanol–water partition coefficient (Wildman–Crippen LogP) is 5.44. The topological polar surface area (TPSA) is 4.93 Å². The third-order valence-corrected chi connectivity index (χ3v) is 3.42. The van der Waals surface area contributed by atoms with Crippen molar-refractivity contribution in [3.05, 3.63) is 78.1 Å². The lowest BCUT2D eigenvalue weighted by Gasteiger charge is -2.12. The van der Waals surface area contributed by atoms with Gasteiger partial charge in [0.1, 0.15) is 11.6 Å². The summed E-state index contributed by atoms with van der Waals surface area (Å²) in [7, 11) is 0. The molecule has 0 saturated carbocycles. The van der Waals surface area contributed by atoms with Crippen molar-refractivity contribution in [2.24, 2.45) is 0 Å². The van der Waals surface area contributed by atoms with Crippen LogP contribution in [0.3, 0.4) is 0 Å². The van der Waals surface area contributed by atoms with E-state index < -0.39 is 23.4 Å². The minimum absolute atomic E-state index is 0.115. The predicted molar refractivity (Wildman–Crippen MR) is 76.1 cm³/mol. The molecule has 3 aromatic rings. The SMILES string of the molecule is Fc1ccc(-c2ccccc2-n2ccc(C(F)(F)F)c2)c(F)c1. The number of aromatic nitrogens is 1. The summed E-state index contributed by atoms with van der Waals surface area (Å²) in [4.78, 5) is 0. The van der Waals surface area contributed by atoms with Crippen molar-refractivity contribution >= 4 is 0 Å². The van der Waals surface area contributed by atoms with Crippen LogP contribution in [0.1, 0.15) is 5.56 Å². The summed E-state index contributed by atoms with van der Waals surface area (Å²) in [5, 5.41) is 0. The molecule has 0 atom stereocenters. The molecule has 0 aliphatic rings. The molecule has 6 heteroatoms. The highest BCUT2D eigenvalue weighted by atomic mass is 19.4. The molecule has 0 aliphatic carbocycles. The Morgan fingerprint density at radius 2 is 1.57 bits per heavy atom. The van der Waals surface area contributed by atoms with Gasteiger partial charge in [-0.3, -0.25) is 0 Å². The van der Waals surface area contributed by atoms with Gasteiger partial charge in [-0.25, -0.2) is 8.78 Å². The second kappa shape index (κ2) is 5.53. The lowest BCUT2D eigenvalue weighted by molar-refractivity contribution is -0.137. The molecule has 0 amide bonds. The summed E-state index contributed by atoms with van der Waals surface area (Å²) in [5.74, 6) is -1.50. The average molecular weight is 323 g/mol. The van der Waals surface area contributed by atoms with E-state index in [1.165, 1.54) is 16.8 Å². The first-order valence-electron chi connectivity index (χ1n) is 6.66. The first-order chi connectivity index (χ1) is 10.9. The van der Waals surface area contributed by atoms with Gasteiger partial charge in [0.15, 0.2) is 0 Å². The molecular formula is C17H10F5N. The largest absolute Gasteiger partial charge is 0.417 e.